The normalized spacial score (nSPS) is 20.4. The van der Waals surface area contributed by atoms with E-state index in [1.807, 2.05) is 0 Å². The average molecular weight is 248 g/mol. The number of hydrogen-bond acceptors (Lipinski definition) is 5. The number of rotatable bonds is 2. The van der Waals surface area contributed by atoms with Crippen molar-refractivity contribution in [3.8, 4) is 0 Å². The Balaban J connectivity index is 2.06. The van der Waals surface area contributed by atoms with Crippen LogP contribution < -0.4 is 10.6 Å². The maximum absolute atomic E-state index is 5.96. The van der Waals surface area contributed by atoms with Crippen molar-refractivity contribution in [2.24, 2.45) is 5.73 Å². The van der Waals surface area contributed by atoms with Gasteiger partial charge in [0.05, 0.1) is 5.39 Å². The smallest absolute Gasteiger partial charge is 0.140 e. The first-order valence-electron chi connectivity index (χ1n) is 6.02. The number of aryl methyl sites for hydroxylation is 1. The van der Waals surface area contributed by atoms with Gasteiger partial charge >= 0.3 is 0 Å². The van der Waals surface area contributed by atoms with Gasteiger partial charge in [-0.15, -0.1) is 11.3 Å². The third kappa shape index (κ3) is 1.89. The predicted molar refractivity (Wildman–Crippen MR) is 71.6 cm³/mol. The standard InChI is InChI=1S/C12H16N4S/c1-2-9-5-10-11(14-7-15-12(10)17-9)16-4-3-8(13)6-16/h5,7-8H,2-4,6,13H2,1H3. The zero-order chi connectivity index (χ0) is 11.8. The van der Waals surface area contributed by atoms with Gasteiger partial charge in [-0.25, -0.2) is 9.97 Å². The number of hydrogen-bond donors (Lipinski definition) is 1. The van der Waals surface area contributed by atoms with Crippen LogP contribution in [0.25, 0.3) is 10.2 Å². The van der Waals surface area contributed by atoms with Gasteiger partial charge in [0.2, 0.25) is 0 Å². The molecule has 3 heterocycles. The maximum Gasteiger partial charge on any atom is 0.140 e. The molecule has 1 fully saturated rings. The third-order valence-corrected chi connectivity index (χ3v) is 4.42. The summed E-state index contributed by atoms with van der Waals surface area (Å²) in [6.45, 7) is 4.08. The Bertz CT molecular complexity index is 536. The van der Waals surface area contributed by atoms with Crippen LogP contribution in [0.1, 0.15) is 18.2 Å². The Hall–Kier alpha value is -1.20. The second-order valence-electron chi connectivity index (χ2n) is 4.48. The van der Waals surface area contributed by atoms with Gasteiger partial charge in [0, 0.05) is 24.0 Å². The summed E-state index contributed by atoms with van der Waals surface area (Å²) in [4.78, 5) is 13.5. The van der Waals surface area contributed by atoms with Crippen LogP contribution in [0.5, 0.6) is 0 Å². The molecule has 2 N–H and O–H groups in total. The van der Waals surface area contributed by atoms with Crippen LogP contribution in [-0.2, 0) is 6.42 Å². The molecule has 5 heteroatoms. The zero-order valence-corrected chi connectivity index (χ0v) is 10.7. The van der Waals surface area contributed by atoms with E-state index in [4.69, 9.17) is 5.73 Å². The molecule has 17 heavy (non-hydrogen) atoms. The lowest BCUT2D eigenvalue weighted by Crippen LogP contribution is -2.26. The molecule has 4 nitrogen and oxygen atoms in total. The average Bonchev–Trinajstić information content (AvgIpc) is 2.93. The van der Waals surface area contributed by atoms with Gasteiger partial charge in [-0.3, -0.25) is 0 Å². The fourth-order valence-electron chi connectivity index (χ4n) is 2.30. The van der Waals surface area contributed by atoms with E-state index in [1.165, 1.54) is 10.3 Å². The van der Waals surface area contributed by atoms with Gasteiger partial charge in [-0.1, -0.05) is 6.92 Å². The Kier molecular flexibility index (Phi) is 2.72. The fourth-order valence-corrected chi connectivity index (χ4v) is 3.23. The van der Waals surface area contributed by atoms with Crippen LogP contribution >= 0.6 is 11.3 Å². The molecular formula is C12H16N4S. The lowest BCUT2D eigenvalue weighted by atomic mass is 10.3. The van der Waals surface area contributed by atoms with E-state index in [2.05, 4.69) is 27.9 Å². The Morgan fingerprint density at radius 1 is 1.53 bits per heavy atom. The van der Waals surface area contributed by atoms with Gasteiger partial charge < -0.3 is 10.6 Å². The molecule has 3 rings (SSSR count). The van der Waals surface area contributed by atoms with Crippen LogP contribution in [0.4, 0.5) is 5.82 Å². The summed E-state index contributed by atoms with van der Waals surface area (Å²) in [7, 11) is 0. The topological polar surface area (TPSA) is 55.0 Å². The molecule has 2 aromatic heterocycles. The van der Waals surface area contributed by atoms with E-state index < -0.39 is 0 Å². The third-order valence-electron chi connectivity index (χ3n) is 3.23. The Labute approximate surface area is 104 Å². The summed E-state index contributed by atoms with van der Waals surface area (Å²) in [5.74, 6) is 1.05. The molecule has 0 radical (unpaired) electrons. The summed E-state index contributed by atoms with van der Waals surface area (Å²) >= 11 is 1.76. The van der Waals surface area contributed by atoms with Crippen LogP contribution in [-0.4, -0.2) is 29.1 Å². The molecule has 1 saturated heterocycles. The molecule has 0 spiro atoms. The molecular weight excluding hydrogens is 232 g/mol. The molecule has 1 aliphatic heterocycles. The maximum atomic E-state index is 5.96. The first kappa shape index (κ1) is 10.9. The van der Waals surface area contributed by atoms with Gasteiger partial charge in [-0.05, 0) is 18.9 Å². The van der Waals surface area contributed by atoms with E-state index in [0.717, 1.165) is 36.6 Å². The number of thiophene rings is 1. The van der Waals surface area contributed by atoms with Gasteiger partial charge in [-0.2, -0.15) is 0 Å². The van der Waals surface area contributed by atoms with Crippen molar-refractivity contribution in [3.05, 3.63) is 17.3 Å². The highest BCUT2D eigenvalue weighted by Crippen LogP contribution is 2.31. The van der Waals surface area contributed by atoms with Crippen LogP contribution in [0.15, 0.2) is 12.4 Å². The van der Waals surface area contributed by atoms with Crippen molar-refractivity contribution in [1.82, 2.24) is 9.97 Å². The summed E-state index contributed by atoms with van der Waals surface area (Å²) in [5.41, 5.74) is 5.96. The molecule has 0 aliphatic carbocycles. The number of nitrogens with zero attached hydrogens (tertiary/aromatic N) is 3. The molecule has 2 aromatic rings. The quantitative estimate of drug-likeness (QED) is 0.880. The minimum atomic E-state index is 0.282. The van der Waals surface area contributed by atoms with Gasteiger partial charge in [0.25, 0.3) is 0 Å². The molecule has 0 aromatic carbocycles. The summed E-state index contributed by atoms with van der Waals surface area (Å²) in [5, 5.41) is 1.18. The highest BCUT2D eigenvalue weighted by Gasteiger charge is 2.22. The molecule has 1 atom stereocenters. The van der Waals surface area contributed by atoms with Crippen LogP contribution in [0.2, 0.25) is 0 Å². The number of nitrogens with two attached hydrogens (primary N) is 1. The minimum absolute atomic E-state index is 0.282. The number of fused-ring (bicyclic) bond motifs is 1. The van der Waals surface area contributed by atoms with Gasteiger partial charge in [0.1, 0.15) is 17.0 Å². The predicted octanol–water partition coefficient (Wildman–Crippen LogP) is 1.79. The lowest BCUT2D eigenvalue weighted by Gasteiger charge is -2.17. The van der Waals surface area contributed by atoms with Crippen molar-refractivity contribution in [2.75, 3.05) is 18.0 Å². The Morgan fingerprint density at radius 2 is 2.41 bits per heavy atom. The van der Waals surface area contributed by atoms with E-state index in [9.17, 15) is 0 Å². The molecule has 0 amide bonds. The van der Waals surface area contributed by atoms with E-state index in [0.29, 0.717) is 0 Å². The lowest BCUT2D eigenvalue weighted by molar-refractivity contribution is 0.751. The first-order valence-corrected chi connectivity index (χ1v) is 6.83. The molecule has 90 valence electrons. The summed E-state index contributed by atoms with van der Waals surface area (Å²) in [6.07, 6.45) is 3.77. The highest BCUT2D eigenvalue weighted by atomic mass is 32.1. The van der Waals surface area contributed by atoms with Crippen LogP contribution in [0, 0.1) is 0 Å². The van der Waals surface area contributed by atoms with Gasteiger partial charge in [0.15, 0.2) is 0 Å². The highest BCUT2D eigenvalue weighted by molar-refractivity contribution is 7.18. The number of aromatic nitrogens is 2. The van der Waals surface area contributed by atoms with Crippen molar-refractivity contribution < 1.29 is 0 Å². The molecule has 1 unspecified atom stereocenters. The minimum Gasteiger partial charge on any atom is -0.354 e. The monoisotopic (exact) mass is 248 g/mol. The van der Waals surface area contributed by atoms with Crippen LogP contribution in [0.3, 0.4) is 0 Å². The largest absolute Gasteiger partial charge is 0.354 e. The SMILES string of the molecule is CCc1cc2c(N3CCC(N)C3)ncnc2s1. The first-order chi connectivity index (χ1) is 8.28. The van der Waals surface area contributed by atoms with Crippen molar-refractivity contribution in [2.45, 2.75) is 25.8 Å². The zero-order valence-electron chi connectivity index (χ0n) is 9.89. The molecule has 0 bridgehead atoms. The van der Waals surface area contributed by atoms with E-state index in [1.54, 1.807) is 17.7 Å². The van der Waals surface area contributed by atoms with E-state index >= 15 is 0 Å². The Morgan fingerprint density at radius 3 is 3.12 bits per heavy atom. The van der Waals surface area contributed by atoms with Crippen molar-refractivity contribution in [3.63, 3.8) is 0 Å². The van der Waals surface area contributed by atoms with E-state index in [-0.39, 0.29) is 6.04 Å². The fraction of sp³-hybridized carbons (Fsp3) is 0.500. The second kappa shape index (κ2) is 4.23. The molecule has 1 aliphatic rings. The molecule has 0 saturated carbocycles. The second-order valence-corrected chi connectivity index (χ2v) is 5.59. The van der Waals surface area contributed by atoms with Crippen molar-refractivity contribution >= 4 is 27.4 Å². The summed E-state index contributed by atoms with van der Waals surface area (Å²) in [6, 6.07) is 2.50. The summed E-state index contributed by atoms with van der Waals surface area (Å²) < 4.78 is 0. The van der Waals surface area contributed by atoms with Crippen molar-refractivity contribution in [1.29, 1.82) is 0 Å². The number of anilines is 1.